The second-order valence-electron chi connectivity index (χ2n) is 4.95. The predicted octanol–water partition coefficient (Wildman–Crippen LogP) is -0.444. The van der Waals surface area contributed by atoms with Gasteiger partial charge >= 0.3 is 0 Å². The Morgan fingerprint density at radius 1 is 1.43 bits per heavy atom. The van der Waals surface area contributed by atoms with E-state index < -0.39 is 6.10 Å². The number of ether oxygens (including phenoxy) is 1. The number of nitrogens with two attached hydrogens (primary N) is 1. The van der Waals surface area contributed by atoms with Gasteiger partial charge in [-0.25, -0.2) is 4.98 Å². The van der Waals surface area contributed by atoms with Crippen LogP contribution in [0.15, 0.2) is 6.33 Å². The van der Waals surface area contributed by atoms with Crippen LogP contribution in [0.25, 0.3) is 11.2 Å². The molecule has 0 aromatic carbocycles. The SMILES string of the molecule is CC(C)Nc1nc(N)nc2c1ncn2COCC(O)CO. The normalized spacial score (nSPS) is 13.0. The number of imidazole rings is 1. The monoisotopic (exact) mass is 296 g/mol. The number of hydrogen-bond acceptors (Lipinski definition) is 8. The Hall–Kier alpha value is -1.97. The van der Waals surface area contributed by atoms with E-state index in [-0.39, 0.29) is 31.9 Å². The van der Waals surface area contributed by atoms with Gasteiger partial charge in [-0.05, 0) is 13.8 Å². The summed E-state index contributed by atoms with van der Waals surface area (Å²) in [6, 6.07) is 0.184. The van der Waals surface area contributed by atoms with Gasteiger partial charge in [0.25, 0.3) is 0 Å². The average molecular weight is 296 g/mol. The maximum Gasteiger partial charge on any atom is 0.224 e. The molecule has 2 aromatic rings. The van der Waals surface area contributed by atoms with E-state index in [9.17, 15) is 5.11 Å². The lowest BCUT2D eigenvalue weighted by Crippen LogP contribution is -2.20. The summed E-state index contributed by atoms with van der Waals surface area (Å²) in [5, 5.41) is 21.1. The van der Waals surface area contributed by atoms with Crippen LogP contribution in [-0.4, -0.2) is 55.1 Å². The Labute approximate surface area is 121 Å². The van der Waals surface area contributed by atoms with Crippen LogP contribution < -0.4 is 11.1 Å². The molecule has 0 bridgehead atoms. The maximum absolute atomic E-state index is 9.23. The van der Waals surface area contributed by atoms with E-state index in [2.05, 4.69) is 20.3 Å². The highest BCUT2D eigenvalue weighted by atomic mass is 16.5. The van der Waals surface area contributed by atoms with Gasteiger partial charge in [-0.3, -0.25) is 4.57 Å². The number of aliphatic hydroxyl groups is 2. The minimum absolute atomic E-state index is 0.0217. The summed E-state index contributed by atoms with van der Waals surface area (Å²) < 4.78 is 6.95. The van der Waals surface area contributed by atoms with Crippen molar-refractivity contribution >= 4 is 22.9 Å². The molecule has 0 fully saturated rings. The summed E-state index contributed by atoms with van der Waals surface area (Å²) in [4.78, 5) is 12.6. The zero-order valence-corrected chi connectivity index (χ0v) is 12.0. The van der Waals surface area contributed by atoms with E-state index >= 15 is 0 Å². The lowest BCUT2D eigenvalue weighted by molar-refractivity contribution is -0.0163. The molecule has 9 nitrogen and oxygen atoms in total. The lowest BCUT2D eigenvalue weighted by atomic mass is 10.4. The molecule has 5 N–H and O–H groups in total. The fourth-order valence-electron chi connectivity index (χ4n) is 1.77. The van der Waals surface area contributed by atoms with E-state index in [1.165, 1.54) is 0 Å². The number of aromatic nitrogens is 4. The quantitative estimate of drug-likeness (QED) is 0.540. The molecule has 0 aliphatic heterocycles. The first kappa shape index (κ1) is 15.4. The molecule has 0 saturated heterocycles. The molecule has 1 atom stereocenters. The smallest absolute Gasteiger partial charge is 0.224 e. The fraction of sp³-hybridized carbons (Fsp3) is 0.583. The number of aliphatic hydroxyl groups excluding tert-OH is 2. The number of anilines is 2. The largest absolute Gasteiger partial charge is 0.394 e. The van der Waals surface area contributed by atoms with Crippen LogP contribution in [0.4, 0.5) is 11.8 Å². The Morgan fingerprint density at radius 3 is 2.86 bits per heavy atom. The van der Waals surface area contributed by atoms with Gasteiger partial charge in [-0.2, -0.15) is 9.97 Å². The van der Waals surface area contributed by atoms with E-state index in [0.717, 1.165) is 0 Å². The summed E-state index contributed by atoms with van der Waals surface area (Å²) >= 11 is 0. The molecule has 0 spiro atoms. The highest BCUT2D eigenvalue weighted by molar-refractivity contribution is 5.84. The van der Waals surface area contributed by atoms with Crippen molar-refractivity contribution < 1.29 is 14.9 Å². The number of nitrogens with one attached hydrogen (secondary N) is 1. The third-order valence-corrected chi connectivity index (χ3v) is 2.66. The minimum Gasteiger partial charge on any atom is -0.394 e. The highest BCUT2D eigenvalue weighted by Gasteiger charge is 2.13. The second kappa shape index (κ2) is 6.66. The summed E-state index contributed by atoms with van der Waals surface area (Å²) in [7, 11) is 0. The maximum atomic E-state index is 9.23. The Bertz CT molecular complexity index is 600. The first-order valence-electron chi connectivity index (χ1n) is 6.62. The van der Waals surface area contributed by atoms with Crippen LogP contribution in [0, 0.1) is 0 Å². The van der Waals surface area contributed by atoms with Crippen molar-refractivity contribution in [1.82, 2.24) is 19.5 Å². The third-order valence-electron chi connectivity index (χ3n) is 2.66. The lowest BCUT2D eigenvalue weighted by Gasteiger charge is -2.11. The van der Waals surface area contributed by atoms with Crippen LogP contribution in [0.2, 0.25) is 0 Å². The van der Waals surface area contributed by atoms with Gasteiger partial charge in [0, 0.05) is 6.04 Å². The van der Waals surface area contributed by atoms with Crippen molar-refractivity contribution in [2.75, 3.05) is 24.3 Å². The van der Waals surface area contributed by atoms with Crippen LogP contribution >= 0.6 is 0 Å². The van der Waals surface area contributed by atoms with Crippen molar-refractivity contribution in [2.24, 2.45) is 0 Å². The van der Waals surface area contributed by atoms with E-state index in [0.29, 0.717) is 17.0 Å². The topological polar surface area (TPSA) is 131 Å². The van der Waals surface area contributed by atoms with Crippen LogP contribution in [0.1, 0.15) is 13.8 Å². The van der Waals surface area contributed by atoms with Gasteiger partial charge in [-0.15, -0.1) is 0 Å². The highest BCUT2D eigenvalue weighted by Crippen LogP contribution is 2.20. The molecule has 0 saturated carbocycles. The van der Waals surface area contributed by atoms with Crippen LogP contribution in [-0.2, 0) is 11.5 Å². The second-order valence-corrected chi connectivity index (χ2v) is 4.95. The van der Waals surface area contributed by atoms with Crippen molar-refractivity contribution in [3.05, 3.63) is 6.33 Å². The van der Waals surface area contributed by atoms with Crippen LogP contribution in [0.5, 0.6) is 0 Å². The predicted molar refractivity (Wildman–Crippen MR) is 77.5 cm³/mol. The standard InChI is InChI=1S/C12H20N6O3/c1-7(2)15-10-9-11(17-12(13)16-10)18(5-14-9)6-21-4-8(20)3-19/h5,7-8,19-20H,3-4,6H2,1-2H3,(H3,13,15,16,17). The molecule has 2 aromatic heterocycles. The summed E-state index contributed by atoms with van der Waals surface area (Å²) in [6.45, 7) is 3.79. The van der Waals surface area contributed by atoms with E-state index in [1.54, 1.807) is 10.9 Å². The molecule has 0 amide bonds. The Kier molecular flexibility index (Phi) is 4.89. The molecule has 0 aliphatic rings. The fourth-order valence-corrected chi connectivity index (χ4v) is 1.77. The molecule has 0 aliphatic carbocycles. The molecular weight excluding hydrogens is 276 g/mol. The molecule has 0 radical (unpaired) electrons. The molecule has 21 heavy (non-hydrogen) atoms. The van der Waals surface area contributed by atoms with Gasteiger partial charge in [-0.1, -0.05) is 0 Å². The van der Waals surface area contributed by atoms with Gasteiger partial charge < -0.3 is 26.0 Å². The van der Waals surface area contributed by atoms with E-state index in [1.807, 2.05) is 13.8 Å². The number of nitrogen functional groups attached to an aromatic ring is 1. The van der Waals surface area contributed by atoms with Crippen molar-refractivity contribution in [3.8, 4) is 0 Å². The first-order chi connectivity index (χ1) is 10.0. The average Bonchev–Trinajstić information content (AvgIpc) is 2.81. The zero-order chi connectivity index (χ0) is 15.4. The van der Waals surface area contributed by atoms with Gasteiger partial charge in [0.05, 0.1) is 19.5 Å². The number of rotatable bonds is 7. The molecule has 2 rings (SSSR count). The van der Waals surface area contributed by atoms with Gasteiger partial charge in [0.1, 0.15) is 12.8 Å². The Morgan fingerprint density at radius 2 is 2.19 bits per heavy atom. The summed E-state index contributed by atoms with van der Waals surface area (Å²) in [6.07, 6.45) is 0.660. The summed E-state index contributed by atoms with van der Waals surface area (Å²) in [5.74, 6) is 0.712. The minimum atomic E-state index is -0.905. The Balaban J connectivity index is 2.20. The van der Waals surface area contributed by atoms with Gasteiger partial charge in [0.15, 0.2) is 17.0 Å². The molecule has 1 unspecified atom stereocenters. The molecule has 116 valence electrons. The number of hydrogen-bond donors (Lipinski definition) is 4. The summed E-state index contributed by atoms with van der Waals surface area (Å²) in [5.41, 5.74) is 6.86. The van der Waals surface area contributed by atoms with E-state index in [4.69, 9.17) is 15.6 Å². The zero-order valence-electron chi connectivity index (χ0n) is 12.0. The van der Waals surface area contributed by atoms with Crippen molar-refractivity contribution in [2.45, 2.75) is 32.7 Å². The van der Waals surface area contributed by atoms with Crippen LogP contribution in [0.3, 0.4) is 0 Å². The number of fused-ring (bicyclic) bond motifs is 1. The molecular formula is C12H20N6O3. The number of nitrogens with zero attached hydrogens (tertiary/aromatic N) is 4. The molecule has 2 heterocycles. The van der Waals surface area contributed by atoms with Crippen molar-refractivity contribution in [3.63, 3.8) is 0 Å². The molecule has 9 heteroatoms. The first-order valence-corrected chi connectivity index (χ1v) is 6.62. The van der Waals surface area contributed by atoms with Crippen molar-refractivity contribution in [1.29, 1.82) is 0 Å². The third kappa shape index (κ3) is 3.78. The van der Waals surface area contributed by atoms with Gasteiger partial charge in [0.2, 0.25) is 5.95 Å².